The molecule has 2 rings (SSSR count). The number of aliphatic hydroxyl groups excluding tert-OH is 1. The molecule has 106 valence electrons. The van der Waals surface area contributed by atoms with Crippen molar-refractivity contribution in [2.24, 2.45) is 0 Å². The first-order valence-corrected chi connectivity index (χ1v) is 7.03. The van der Waals surface area contributed by atoms with Gasteiger partial charge in [-0.05, 0) is 41.8 Å². The van der Waals surface area contributed by atoms with E-state index in [1.54, 1.807) is 25.3 Å². The molecule has 4 heteroatoms. The molecule has 0 heterocycles. The maximum atomic E-state index is 10.3. The van der Waals surface area contributed by atoms with Crippen LogP contribution < -0.4 is 4.74 Å². The summed E-state index contributed by atoms with van der Waals surface area (Å²) in [6.07, 6.45) is -0.208. The van der Waals surface area contributed by atoms with Crippen LogP contribution in [0, 0.1) is 6.92 Å². The molecule has 0 aliphatic heterocycles. The van der Waals surface area contributed by atoms with Crippen molar-refractivity contribution in [2.45, 2.75) is 19.4 Å². The van der Waals surface area contributed by atoms with Gasteiger partial charge in [0.25, 0.3) is 0 Å². The summed E-state index contributed by atoms with van der Waals surface area (Å²) in [5, 5.41) is 11.5. The Morgan fingerprint density at radius 3 is 2.45 bits per heavy atom. The molecule has 2 nitrogen and oxygen atoms in total. The molecule has 1 unspecified atom stereocenters. The number of benzene rings is 2. The first-order chi connectivity index (χ1) is 9.51. The number of rotatable bonds is 4. The topological polar surface area (TPSA) is 29.5 Å². The van der Waals surface area contributed by atoms with Gasteiger partial charge in [0, 0.05) is 11.4 Å². The van der Waals surface area contributed by atoms with Crippen molar-refractivity contribution in [1.82, 2.24) is 0 Å². The van der Waals surface area contributed by atoms with E-state index >= 15 is 0 Å². The molecule has 0 radical (unpaired) electrons. The Labute approximate surface area is 128 Å². The second-order valence-electron chi connectivity index (χ2n) is 4.71. The quantitative estimate of drug-likeness (QED) is 0.895. The Morgan fingerprint density at radius 1 is 1.10 bits per heavy atom. The number of methoxy groups -OCH3 is 1. The third kappa shape index (κ3) is 3.45. The van der Waals surface area contributed by atoms with Crippen molar-refractivity contribution in [3.63, 3.8) is 0 Å². The van der Waals surface area contributed by atoms with Gasteiger partial charge in [-0.25, -0.2) is 0 Å². The number of aliphatic hydroxyl groups is 1. The van der Waals surface area contributed by atoms with Gasteiger partial charge in [-0.15, -0.1) is 0 Å². The van der Waals surface area contributed by atoms with Gasteiger partial charge in [-0.1, -0.05) is 41.4 Å². The van der Waals surface area contributed by atoms with E-state index in [2.05, 4.69) is 0 Å². The number of ether oxygens (including phenoxy) is 1. The monoisotopic (exact) mass is 310 g/mol. The summed E-state index contributed by atoms with van der Waals surface area (Å²) in [5.74, 6) is 0.594. The van der Waals surface area contributed by atoms with Crippen molar-refractivity contribution >= 4 is 23.2 Å². The first kappa shape index (κ1) is 15.2. The molecular weight excluding hydrogens is 295 g/mol. The van der Waals surface area contributed by atoms with Crippen molar-refractivity contribution in [1.29, 1.82) is 0 Å². The lowest BCUT2D eigenvalue weighted by Gasteiger charge is -2.14. The van der Waals surface area contributed by atoms with Crippen LogP contribution in [-0.4, -0.2) is 12.2 Å². The predicted molar refractivity (Wildman–Crippen MR) is 82.9 cm³/mol. The molecule has 0 saturated carbocycles. The van der Waals surface area contributed by atoms with E-state index < -0.39 is 6.10 Å². The predicted octanol–water partition coefficient (Wildman–Crippen LogP) is 4.59. The summed E-state index contributed by atoms with van der Waals surface area (Å²) in [6.45, 7) is 1.98. The summed E-state index contributed by atoms with van der Waals surface area (Å²) < 4.78 is 5.10. The largest absolute Gasteiger partial charge is 0.495 e. The highest BCUT2D eigenvalue weighted by Crippen LogP contribution is 2.30. The maximum absolute atomic E-state index is 10.3. The summed E-state index contributed by atoms with van der Waals surface area (Å²) >= 11 is 12.2. The van der Waals surface area contributed by atoms with E-state index in [0.717, 1.165) is 16.7 Å². The van der Waals surface area contributed by atoms with Gasteiger partial charge in [-0.2, -0.15) is 0 Å². The first-order valence-electron chi connectivity index (χ1n) is 6.28. The fourth-order valence-electron chi connectivity index (χ4n) is 2.03. The molecule has 0 bridgehead atoms. The van der Waals surface area contributed by atoms with E-state index in [4.69, 9.17) is 27.9 Å². The number of halogens is 2. The zero-order valence-corrected chi connectivity index (χ0v) is 12.9. The number of hydrogen-bond donors (Lipinski definition) is 1. The average molecular weight is 311 g/mol. The van der Waals surface area contributed by atoms with Crippen LogP contribution in [0.2, 0.25) is 10.0 Å². The minimum Gasteiger partial charge on any atom is -0.495 e. The van der Waals surface area contributed by atoms with Gasteiger partial charge in [0.2, 0.25) is 0 Å². The maximum Gasteiger partial charge on any atom is 0.137 e. The second-order valence-corrected chi connectivity index (χ2v) is 5.52. The summed E-state index contributed by atoms with van der Waals surface area (Å²) in [4.78, 5) is 0. The second kappa shape index (κ2) is 6.49. The van der Waals surface area contributed by atoms with E-state index in [9.17, 15) is 5.11 Å². The Balaban J connectivity index is 2.19. The van der Waals surface area contributed by atoms with Crippen molar-refractivity contribution < 1.29 is 9.84 Å². The van der Waals surface area contributed by atoms with E-state index in [-0.39, 0.29) is 0 Å². The van der Waals surface area contributed by atoms with Gasteiger partial charge in [0.15, 0.2) is 0 Å². The highest BCUT2D eigenvalue weighted by atomic mass is 35.5. The van der Waals surface area contributed by atoms with Crippen LogP contribution in [0.5, 0.6) is 5.75 Å². The lowest BCUT2D eigenvalue weighted by atomic mass is 10.0. The summed E-state index contributed by atoms with van der Waals surface area (Å²) in [7, 11) is 1.56. The minimum absolute atomic E-state index is 0.446. The normalized spacial score (nSPS) is 12.2. The molecule has 0 fully saturated rings. The highest BCUT2D eigenvalue weighted by Gasteiger charge is 2.13. The van der Waals surface area contributed by atoms with Gasteiger partial charge in [0.1, 0.15) is 5.75 Å². The Kier molecular flexibility index (Phi) is 4.92. The molecule has 20 heavy (non-hydrogen) atoms. The summed E-state index contributed by atoms with van der Waals surface area (Å²) in [6, 6.07) is 11.1. The van der Waals surface area contributed by atoms with Gasteiger partial charge < -0.3 is 9.84 Å². The molecule has 0 aliphatic rings. The number of aryl methyl sites for hydroxylation is 1. The molecule has 2 aromatic rings. The van der Waals surface area contributed by atoms with Gasteiger partial charge >= 0.3 is 0 Å². The van der Waals surface area contributed by atoms with Crippen LogP contribution in [0.25, 0.3) is 0 Å². The van der Waals surface area contributed by atoms with E-state index in [0.29, 0.717) is 22.2 Å². The third-order valence-electron chi connectivity index (χ3n) is 3.18. The molecule has 2 aromatic carbocycles. The third-order valence-corrected chi connectivity index (χ3v) is 3.83. The standard InChI is InChI=1S/C16H16Cl2O2/c1-10-3-4-11(13(17)7-10)9-15(19)12-5-6-16(20-2)14(18)8-12/h3-8,15,19H,9H2,1-2H3. The van der Waals surface area contributed by atoms with Crippen LogP contribution in [0.3, 0.4) is 0 Å². The zero-order valence-electron chi connectivity index (χ0n) is 11.4. The van der Waals surface area contributed by atoms with E-state index in [1.165, 1.54) is 0 Å². The molecule has 0 spiro atoms. The molecule has 0 amide bonds. The van der Waals surface area contributed by atoms with Crippen LogP contribution in [0.4, 0.5) is 0 Å². The molecule has 0 saturated heterocycles. The molecular formula is C16H16Cl2O2. The fraction of sp³-hybridized carbons (Fsp3) is 0.250. The van der Waals surface area contributed by atoms with Gasteiger partial charge in [0.05, 0.1) is 18.2 Å². The lowest BCUT2D eigenvalue weighted by molar-refractivity contribution is 0.178. The highest BCUT2D eigenvalue weighted by molar-refractivity contribution is 6.32. The van der Waals surface area contributed by atoms with Crippen LogP contribution >= 0.6 is 23.2 Å². The SMILES string of the molecule is COc1ccc(C(O)Cc2ccc(C)cc2Cl)cc1Cl. The van der Waals surface area contributed by atoms with Crippen molar-refractivity contribution in [3.05, 3.63) is 63.1 Å². The fourth-order valence-corrected chi connectivity index (χ4v) is 2.61. The Hall–Kier alpha value is -1.22. The minimum atomic E-state index is -0.654. The van der Waals surface area contributed by atoms with Crippen molar-refractivity contribution in [3.8, 4) is 5.75 Å². The van der Waals surface area contributed by atoms with Gasteiger partial charge in [-0.3, -0.25) is 0 Å². The van der Waals surface area contributed by atoms with Crippen LogP contribution in [0.15, 0.2) is 36.4 Å². The molecule has 0 aliphatic carbocycles. The molecule has 0 aromatic heterocycles. The number of hydrogen-bond acceptors (Lipinski definition) is 2. The van der Waals surface area contributed by atoms with Crippen molar-refractivity contribution in [2.75, 3.05) is 7.11 Å². The zero-order chi connectivity index (χ0) is 14.7. The Morgan fingerprint density at radius 2 is 1.85 bits per heavy atom. The average Bonchev–Trinajstić information content (AvgIpc) is 2.41. The lowest BCUT2D eigenvalue weighted by Crippen LogP contribution is -2.03. The Bertz CT molecular complexity index is 611. The molecule has 1 atom stereocenters. The van der Waals surface area contributed by atoms with Crippen LogP contribution in [0.1, 0.15) is 22.8 Å². The van der Waals surface area contributed by atoms with Crippen LogP contribution in [-0.2, 0) is 6.42 Å². The van der Waals surface area contributed by atoms with E-state index in [1.807, 2.05) is 25.1 Å². The summed E-state index contributed by atoms with van der Waals surface area (Å²) in [5.41, 5.74) is 2.75. The molecule has 1 N–H and O–H groups in total. The smallest absolute Gasteiger partial charge is 0.137 e.